The van der Waals surface area contributed by atoms with E-state index in [1.54, 1.807) is 30.3 Å². The summed E-state index contributed by atoms with van der Waals surface area (Å²) in [5.41, 5.74) is 1.94. The molecule has 1 fully saturated rings. The molecule has 39 heavy (non-hydrogen) atoms. The first kappa shape index (κ1) is 28.1. The van der Waals surface area contributed by atoms with Gasteiger partial charge in [0, 0.05) is 10.9 Å². The van der Waals surface area contributed by atoms with Gasteiger partial charge < -0.3 is 30.2 Å². The molecule has 0 saturated carbocycles. The fraction of sp³-hybridized carbons (Fsp3) is 0.286. The fourth-order valence-corrected chi connectivity index (χ4v) is 4.64. The maximum absolute atomic E-state index is 13.4. The molecule has 2 amide bonds. The maximum atomic E-state index is 13.4. The Labute approximate surface area is 234 Å². The van der Waals surface area contributed by atoms with Crippen molar-refractivity contribution in [3.63, 3.8) is 0 Å². The highest BCUT2D eigenvalue weighted by atomic mass is 79.9. The van der Waals surface area contributed by atoms with E-state index in [0.29, 0.717) is 28.4 Å². The molecule has 4 rings (SSSR count). The van der Waals surface area contributed by atoms with Crippen LogP contribution in [0.25, 0.3) is 0 Å². The predicted molar refractivity (Wildman–Crippen MR) is 150 cm³/mol. The predicted octanol–water partition coefficient (Wildman–Crippen LogP) is 4.59. The Hall–Kier alpha value is -3.96. The number of esters is 1. The van der Waals surface area contributed by atoms with Crippen LogP contribution in [-0.4, -0.2) is 55.7 Å². The van der Waals surface area contributed by atoms with Crippen LogP contribution in [0.2, 0.25) is 0 Å². The normalized spacial score (nSPS) is 15.2. The van der Waals surface area contributed by atoms with Crippen molar-refractivity contribution >= 4 is 45.1 Å². The molecule has 0 aliphatic carbocycles. The lowest BCUT2D eigenvalue weighted by Gasteiger charge is -2.24. The van der Waals surface area contributed by atoms with Crippen LogP contribution >= 0.6 is 15.9 Å². The number of urea groups is 1. The number of methoxy groups -OCH3 is 2. The number of halogens is 1. The summed E-state index contributed by atoms with van der Waals surface area (Å²) >= 11 is 3.40. The number of nitrogens with zero attached hydrogens (tertiary/aromatic N) is 1. The van der Waals surface area contributed by atoms with E-state index >= 15 is 0 Å². The van der Waals surface area contributed by atoms with E-state index < -0.39 is 18.1 Å². The number of aromatic nitrogens is 1. The molecule has 204 valence electrons. The summed E-state index contributed by atoms with van der Waals surface area (Å²) in [7, 11) is 2.78. The summed E-state index contributed by atoms with van der Waals surface area (Å²) in [4.78, 5) is 41.7. The van der Waals surface area contributed by atoms with Gasteiger partial charge in [-0.25, -0.2) is 14.6 Å². The molecule has 1 aliphatic rings. The Kier molecular flexibility index (Phi) is 9.50. The second kappa shape index (κ2) is 13.2. The van der Waals surface area contributed by atoms with E-state index in [1.165, 1.54) is 26.5 Å². The highest BCUT2D eigenvalue weighted by molar-refractivity contribution is 9.10. The van der Waals surface area contributed by atoms with Crippen molar-refractivity contribution in [1.29, 1.82) is 0 Å². The van der Waals surface area contributed by atoms with E-state index in [0.717, 1.165) is 23.9 Å². The largest absolute Gasteiger partial charge is 0.495 e. The van der Waals surface area contributed by atoms with Crippen molar-refractivity contribution < 1.29 is 28.6 Å². The molecular formula is C28H29BrN4O6. The lowest BCUT2D eigenvalue weighted by Crippen LogP contribution is -2.45. The number of anilines is 2. The number of Topliss-reactive ketones (excluding diaryl/α,β-unsaturated/α-hetero) is 1. The molecule has 1 aliphatic heterocycles. The van der Waals surface area contributed by atoms with Gasteiger partial charge in [-0.3, -0.25) is 4.79 Å². The van der Waals surface area contributed by atoms with Gasteiger partial charge in [-0.2, -0.15) is 0 Å². The molecule has 2 atom stereocenters. The number of hydrogen-bond acceptors (Lipinski definition) is 8. The molecule has 3 N–H and O–H groups in total. The molecule has 10 nitrogen and oxygen atoms in total. The molecule has 11 heteroatoms. The standard InChI is InChI=1S/C28H29BrN4O6/c1-37-25-15-17(9-11-21(25)33-28(36)32-20-7-4-3-6-19(20)29)14-24(34)26(22-8-5-13-30-22)39-18-10-12-23(31-16-18)27(35)38-2/h3-4,6-7,9-12,15-16,22,26,30H,5,8,13-14H2,1-2H3,(H2,32,33,36). The molecule has 1 saturated heterocycles. The number of carbonyl (C=O) groups is 3. The van der Waals surface area contributed by atoms with E-state index in [2.05, 4.69) is 41.6 Å². The Morgan fingerprint density at radius 2 is 1.87 bits per heavy atom. The minimum Gasteiger partial charge on any atom is -0.495 e. The number of benzene rings is 2. The number of carbonyl (C=O) groups excluding carboxylic acids is 3. The molecule has 0 bridgehead atoms. The number of pyridine rings is 1. The molecule has 2 aromatic carbocycles. The Morgan fingerprint density at radius 3 is 2.54 bits per heavy atom. The molecule has 1 aromatic heterocycles. The summed E-state index contributed by atoms with van der Waals surface area (Å²) in [5, 5.41) is 8.89. The summed E-state index contributed by atoms with van der Waals surface area (Å²) < 4.78 is 17.0. The second-order valence-corrected chi connectivity index (χ2v) is 9.70. The van der Waals surface area contributed by atoms with Crippen molar-refractivity contribution in [3.05, 3.63) is 76.5 Å². The van der Waals surface area contributed by atoms with Gasteiger partial charge in [0.05, 0.1) is 37.8 Å². The van der Waals surface area contributed by atoms with Gasteiger partial charge in [0.2, 0.25) is 0 Å². The van der Waals surface area contributed by atoms with Crippen LogP contribution in [0.5, 0.6) is 11.5 Å². The van der Waals surface area contributed by atoms with E-state index in [4.69, 9.17) is 9.47 Å². The van der Waals surface area contributed by atoms with Crippen LogP contribution in [0.15, 0.2) is 65.3 Å². The molecule has 0 radical (unpaired) electrons. The molecule has 2 unspecified atom stereocenters. The lowest BCUT2D eigenvalue weighted by molar-refractivity contribution is -0.126. The van der Waals surface area contributed by atoms with Crippen molar-refractivity contribution in [2.45, 2.75) is 31.4 Å². The van der Waals surface area contributed by atoms with E-state index in [1.807, 2.05) is 18.2 Å². The van der Waals surface area contributed by atoms with Crippen LogP contribution in [0, 0.1) is 0 Å². The summed E-state index contributed by atoms with van der Waals surface area (Å²) in [6, 6.07) is 15.0. The first-order chi connectivity index (χ1) is 18.9. The Balaban J connectivity index is 1.45. The minimum absolute atomic E-state index is 0.0936. The van der Waals surface area contributed by atoms with Crippen LogP contribution in [0.4, 0.5) is 16.2 Å². The first-order valence-electron chi connectivity index (χ1n) is 12.3. The maximum Gasteiger partial charge on any atom is 0.356 e. The highest BCUT2D eigenvalue weighted by Crippen LogP contribution is 2.28. The summed E-state index contributed by atoms with van der Waals surface area (Å²) in [5.74, 6) is 0.120. The number of ether oxygens (including phenoxy) is 3. The van der Waals surface area contributed by atoms with E-state index in [9.17, 15) is 14.4 Å². The average Bonchev–Trinajstić information content (AvgIpc) is 3.48. The minimum atomic E-state index is -0.753. The van der Waals surface area contributed by atoms with Crippen LogP contribution in [0.1, 0.15) is 28.9 Å². The van der Waals surface area contributed by atoms with Crippen molar-refractivity contribution in [1.82, 2.24) is 10.3 Å². The second-order valence-electron chi connectivity index (χ2n) is 8.85. The molecule has 0 spiro atoms. The third-order valence-electron chi connectivity index (χ3n) is 6.19. The zero-order valence-corrected chi connectivity index (χ0v) is 23.1. The van der Waals surface area contributed by atoms with Crippen LogP contribution in [-0.2, 0) is 16.0 Å². The van der Waals surface area contributed by atoms with Gasteiger partial charge in [-0.1, -0.05) is 18.2 Å². The van der Waals surface area contributed by atoms with Crippen molar-refractivity contribution in [3.8, 4) is 11.5 Å². The molecule has 2 heterocycles. The zero-order chi connectivity index (χ0) is 27.8. The lowest BCUT2D eigenvalue weighted by atomic mass is 9.98. The van der Waals surface area contributed by atoms with Crippen LogP contribution in [0.3, 0.4) is 0 Å². The number of rotatable bonds is 10. The summed E-state index contributed by atoms with van der Waals surface area (Å²) in [6.07, 6.45) is 2.48. The monoisotopic (exact) mass is 596 g/mol. The molecule has 3 aromatic rings. The van der Waals surface area contributed by atoms with Crippen LogP contribution < -0.4 is 25.4 Å². The number of hydrogen-bond donors (Lipinski definition) is 3. The topological polar surface area (TPSA) is 128 Å². The number of para-hydroxylation sites is 1. The van der Waals surface area contributed by atoms with Gasteiger partial charge >= 0.3 is 12.0 Å². The number of amides is 2. The van der Waals surface area contributed by atoms with Gasteiger partial charge in [0.15, 0.2) is 11.9 Å². The van der Waals surface area contributed by atoms with E-state index in [-0.39, 0.29) is 23.9 Å². The third kappa shape index (κ3) is 7.33. The fourth-order valence-electron chi connectivity index (χ4n) is 4.25. The Morgan fingerprint density at radius 1 is 1.08 bits per heavy atom. The third-order valence-corrected chi connectivity index (χ3v) is 6.88. The van der Waals surface area contributed by atoms with Crippen molar-refractivity contribution in [2.24, 2.45) is 0 Å². The smallest absolute Gasteiger partial charge is 0.356 e. The number of nitrogens with one attached hydrogen (secondary N) is 3. The Bertz CT molecular complexity index is 1330. The van der Waals surface area contributed by atoms with Gasteiger partial charge in [0.25, 0.3) is 0 Å². The van der Waals surface area contributed by atoms with Gasteiger partial charge in [-0.05, 0) is 77.3 Å². The SMILES string of the molecule is COC(=O)c1ccc(OC(C(=O)Cc2ccc(NC(=O)Nc3ccccc3Br)c(OC)c2)C2CCCN2)cn1. The molecular weight excluding hydrogens is 568 g/mol. The quantitative estimate of drug-likeness (QED) is 0.290. The van der Waals surface area contributed by atoms with Gasteiger partial charge in [0.1, 0.15) is 17.2 Å². The zero-order valence-electron chi connectivity index (χ0n) is 21.5. The average molecular weight is 597 g/mol. The summed E-state index contributed by atoms with van der Waals surface area (Å²) in [6.45, 7) is 0.799. The van der Waals surface area contributed by atoms with Gasteiger partial charge in [-0.15, -0.1) is 0 Å². The first-order valence-corrected chi connectivity index (χ1v) is 13.1. The number of ketones is 1. The highest BCUT2D eigenvalue weighted by Gasteiger charge is 2.32. The van der Waals surface area contributed by atoms with Crippen molar-refractivity contribution in [2.75, 3.05) is 31.4 Å².